The van der Waals surface area contributed by atoms with Crippen LogP contribution in [0.5, 0.6) is 0 Å². The summed E-state index contributed by atoms with van der Waals surface area (Å²) in [6.07, 6.45) is 1.29. The van der Waals surface area contributed by atoms with Gasteiger partial charge in [0.2, 0.25) is 0 Å². The second kappa shape index (κ2) is 3.79. The lowest BCUT2D eigenvalue weighted by Gasteiger charge is -2.00. The average Bonchev–Trinajstić information content (AvgIpc) is 2.76. The number of hydrogen-bond donors (Lipinski definition) is 0. The third kappa shape index (κ3) is 1.72. The van der Waals surface area contributed by atoms with Crippen LogP contribution in [0.2, 0.25) is 0 Å². The fourth-order valence-electron chi connectivity index (χ4n) is 1.21. The summed E-state index contributed by atoms with van der Waals surface area (Å²) in [5.74, 6) is -0.550. The number of halogens is 1. The van der Waals surface area contributed by atoms with Gasteiger partial charge in [0.25, 0.3) is 5.82 Å². The molecule has 0 saturated heterocycles. The Morgan fingerprint density at radius 2 is 2.00 bits per heavy atom. The molecular weight excluding hydrogens is 209 g/mol. The Morgan fingerprint density at radius 1 is 1.19 bits per heavy atom. The van der Waals surface area contributed by atoms with E-state index in [0.29, 0.717) is 5.69 Å². The van der Waals surface area contributed by atoms with Gasteiger partial charge >= 0.3 is 0 Å². The standard InChI is InChI=1S/C10H4FN5/c11-8-1-7(4-12)2-9(3-8)16-6-14-10(5-13)15-16/h1-3,6H. The van der Waals surface area contributed by atoms with Crippen molar-refractivity contribution in [2.45, 2.75) is 0 Å². The maximum absolute atomic E-state index is 13.1. The minimum absolute atomic E-state index is 0.0113. The summed E-state index contributed by atoms with van der Waals surface area (Å²) in [6.45, 7) is 0. The third-order valence-corrected chi connectivity index (χ3v) is 1.87. The first kappa shape index (κ1) is 9.81. The molecule has 2 rings (SSSR count). The Bertz CT molecular complexity index is 617. The number of hydrogen-bond acceptors (Lipinski definition) is 4. The van der Waals surface area contributed by atoms with Gasteiger partial charge in [0.1, 0.15) is 18.2 Å². The minimum Gasteiger partial charge on any atom is -0.220 e. The summed E-state index contributed by atoms with van der Waals surface area (Å²) in [5, 5.41) is 21.0. The fraction of sp³-hybridized carbons (Fsp3) is 0. The van der Waals surface area contributed by atoms with Crippen molar-refractivity contribution in [1.29, 1.82) is 10.5 Å². The highest BCUT2D eigenvalue weighted by Gasteiger charge is 2.05. The fourth-order valence-corrected chi connectivity index (χ4v) is 1.21. The van der Waals surface area contributed by atoms with Crippen LogP contribution in [0.15, 0.2) is 24.5 Å². The molecule has 1 aromatic carbocycles. The van der Waals surface area contributed by atoms with Crippen LogP contribution in [-0.4, -0.2) is 14.8 Å². The van der Waals surface area contributed by atoms with E-state index in [2.05, 4.69) is 10.1 Å². The van der Waals surface area contributed by atoms with Crippen LogP contribution in [0.4, 0.5) is 4.39 Å². The highest BCUT2D eigenvalue weighted by atomic mass is 19.1. The summed E-state index contributed by atoms with van der Waals surface area (Å²) in [5.41, 5.74) is 0.537. The van der Waals surface area contributed by atoms with Crippen molar-refractivity contribution in [1.82, 2.24) is 14.8 Å². The van der Waals surface area contributed by atoms with Crippen molar-refractivity contribution < 1.29 is 4.39 Å². The Kier molecular flexibility index (Phi) is 2.33. The van der Waals surface area contributed by atoms with E-state index >= 15 is 0 Å². The molecule has 1 heterocycles. The average molecular weight is 213 g/mol. The van der Waals surface area contributed by atoms with Crippen molar-refractivity contribution in [3.05, 3.63) is 41.7 Å². The number of nitriles is 2. The molecule has 6 heteroatoms. The molecule has 0 amide bonds. The largest absolute Gasteiger partial charge is 0.252 e. The Morgan fingerprint density at radius 3 is 2.62 bits per heavy atom. The van der Waals surface area contributed by atoms with Gasteiger partial charge in [-0.2, -0.15) is 10.5 Å². The molecular formula is C10H4FN5. The SMILES string of the molecule is N#Cc1cc(F)cc(-n2cnc(C#N)n2)c1. The second-order valence-corrected chi connectivity index (χ2v) is 2.93. The minimum atomic E-state index is -0.539. The molecule has 0 atom stereocenters. The molecule has 0 spiro atoms. The van der Waals surface area contributed by atoms with Gasteiger partial charge < -0.3 is 0 Å². The van der Waals surface area contributed by atoms with E-state index in [1.807, 2.05) is 6.07 Å². The molecule has 0 unspecified atom stereocenters. The maximum atomic E-state index is 13.1. The molecule has 5 nitrogen and oxygen atoms in total. The second-order valence-electron chi connectivity index (χ2n) is 2.93. The molecule has 0 fully saturated rings. The molecule has 0 aliphatic carbocycles. The number of rotatable bonds is 1. The highest BCUT2D eigenvalue weighted by molar-refractivity contribution is 5.41. The van der Waals surface area contributed by atoms with Crippen LogP contribution in [0.1, 0.15) is 11.4 Å². The highest BCUT2D eigenvalue weighted by Crippen LogP contribution is 2.12. The van der Waals surface area contributed by atoms with Gasteiger partial charge in [-0.1, -0.05) is 0 Å². The van der Waals surface area contributed by atoms with E-state index in [1.54, 1.807) is 6.07 Å². The molecule has 1 aromatic heterocycles. The molecule has 0 bridgehead atoms. The summed E-state index contributed by atoms with van der Waals surface area (Å²) in [6, 6.07) is 7.37. The predicted octanol–water partition coefficient (Wildman–Crippen LogP) is 1.15. The zero-order chi connectivity index (χ0) is 11.5. The third-order valence-electron chi connectivity index (χ3n) is 1.87. The molecule has 2 aromatic rings. The predicted molar refractivity (Wildman–Crippen MR) is 50.7 cm³/mol. The van der Waals surface area contributed by atoms with E-state index in [9.17, 15) is 4.39 Å². The van der Waals surface area contributed by atoms with Gasteiger partial charge in [0, 0.05) is 0 Å². The number of benzene rings is 1. The number of aromatic nitrogens is 3. The van der Waals surface area contributed by atoms with E-state index in [4.69, 9.17) is 10.5 Å². The van der Waals surface area contributed by atoms with Crippen LogP contribution in [-0.2, 0) is 0 Å². The van der Waals surface area contributed by atoms with Crippen LogP contribution in [0, 0.1) is 28.5 Å². The topological polar surface area (TPSA) is 78.3 Å². The first-order valence-corrected chi connectivity index (χ1v) is 4.26. The van der Waals surface area contributed by atoms with E-state index in [1.165, 1.54) is 23.1 Å². The molecule has 0 saturated carbocycles. The summed E-state index contributed by atoms with van der Waals surface area (Å²) in [7, 11) is 0. The maximum Gasteiger partial charge on any atom is 0.252 e. The van der Waals surface area contributed by atoms with E-state index in [-0.39, 0.29) is 11.4 Å². The van der Waals surface area contributed by atoms with Crippen molar-refractivity contribution in [2.75, 3.05) is 0 Å². The van der Waals surface area contributed by atoms with Crippen molar-refractivity contribution in [2.24, 2.45) is 0 Å². The first-order valence-electron chi connectivity index (χ1n) is 4.26. The van der Waals surface area contributed by atoms with Crippen LogP contribution >= 0.6 is 0 Å². The lowest BCUT2D eigenvalue weighted by atomic mass is 10.2. The van der Waals surface area contributed by atoms with E-state index in [0.717, 1.165) is 6.07 Å². The van der Waals surface area contributed by atoms with Crippen molar-refractivity contribution in [3.8, 4) is 17.8 Å². The summed E-state index contributed by atoms with van der Waals surface area (Å²) < 4.78 is 14.3. The first-order chi connectivity index (χ1) is 7.72. The van der Waals surface area contributed by atoms with Crippen LogP contribution in [0.25, 0.3) is 5.69 Å². The van der Waals surface area contributed by atoms with E-state index < -0.39 is 5.82 Å². The smallest absolute Gasteiger partial charge is 0.220 e. The Balaban J connectivity index is 2.52. The van der Waals surface area contributed by atoms with Gasteiger partial charge in [-0.3, -0.25) is 0 Å². The van der Waals surface area contributed by atoms with Crippen molar-refractivity contribution >= 4 is 0 Å². The monoisotopic (exact) mass is 213 g/mol. The Hall–Kier alpha value is -2.73. The Labute approximate surface area is 90.0 Å². The van der Waals surface area contributed by atoms with Gasteiger partial charge in [-0.05, 0) is 18.2 Å². The molecule has 16 heavy (non-hydrogen) atoms. The van der Waals surface area contributed by atoms with Gasteiger partial charge in [0.15, 0.2) is 0 Å². The quantitative estimate of drug-likeness (QED) is 0.711. The zero-order valence-corrected chi connectivity index (χ0v) is 7.92. The van der Waals surface area contributed by atoms with Gasteiger partial charge in [-0.25, -0.2) is 14.1 Å². The summed E-state index contributed by atoms with van der Waals surface area (Å²) in [4.78, 5) is 3.68. The van der Waals surface area contributed by atoms with Crippen LogP contribution in [0.3, 0.4) is 0 Å². The zero-order valence-electron chi connectivity index (χ0n) is 7.92. The molecule has 0 aliphatic heterocycles. The lowest BCUT2D eigenvalue weighted by molar-refractivity contribution is 0.625. The number of nitrogens with zero attached hydrogens (tertiary/aromatic N) is 5. The normalized spacial score (nSPS) is 9.44. The summed E-state index contributed by atoms with van der Waals surface area (Å²) >= 11 is 0. The lowest BCUT2D eigenvalue weighted by Crippen LogP contribution is -1.97. The molecule has 0 aliphatic rings. The molecule has 76 valence electrons. The molecule has 0 N–H and O–H groups in total. The molecule has 0 radical (unpaired) electrons. The van der Waals surface area contributed by atoms with Crippen molar-refractivity contribution in [3.63, 3.8) is 0 Å². The van der Waals surface area contributed by atoms with Crippen LogP contribution < -0.4 is 0 Å². The van der Waals surface area contributed by atoms with Gasteiger partial charge in [0.05, 0.1) is 17.3 Å². The van der Waals surface area contributed by atoms with Gasteiger partial charge in [-0.15, -0.1) is 5.10 Å².